The zero-order valence-corrected chi connectivity index (χ0v) is 14.7. The van der Waals surface area contributed by atoms with Gasteiger partial charge in [-0.3, -0.25) is 9.88 Å². The lowest BCUT2D eigenvalue weighted by Gasteiger charge is -2.31. The van der Waals surface area contributed by atoms with Gasteiger partial charge in [0.2, 0.25) is 0 Å². The molecule has 0 N–H and O–H groups in total. The van der Waals surface area contributed by atoms with Crippen molar-refractivity contribution >= 4 is 5.69 Å². The largest absolute Gasteiger partial charge is 0.486 e. The van der Waals surface area contributed by atoms with Crippen LogP contribution in [-0.2, 0) is 0 Å². The predicted octanol–water partition coefficient (Wildman–Crippen LogP) is 2.74. The molecule has 2 aliphatic heterocycles. The molecule has 1 fully saturated rings. The molecule has 1 aromatic heterocycles. The Morgan fingerprint density at radius 2 is 1.96 bits per heavy atom. The van der Waals surface area contributed by atoms with Gasteiger partial charge in [0.05, 0.1) is 0 Å². The third kappa shape index (κ3) is 3.71. The highest BCUT2D eigenvalue weighted by atomic mass is 16.6. The van der Waals surface area contributed by atoms with Crippen LogP contribution in [0.2, 0.25) is 0 Å². The van der Waals surface area contributed by atoms with Gasteiger partial charge in [0.25, 0.3) is 0 Å². The Hall–Kier alpha value is -2.27. The van der Waals surface area contributed by atoms with Gasteiger partial charge < -0.3 is 14.4 Å². The van der Waals surface area contributed by atoms with Crippen molar-refractivity contribution in [1.82, 2.24) is 9.88 Å². The number of nitrogens with zero attached hydrogens (tertiary/aromatic N) is 3. The summed E-state index contributed by atoms with van der Waals surface area (Å²) in [6.07, 6.45) is 5.09. The number of benzene rings is 1. The van der Waals surface area contributed by atoms with Gasteiger partial charge in [-0.15, -0.1) is 0 Å². The molecule has 5 heteroatoms. The van der Waals surface area contributed by atoms with Crippen LogP contribution in [0, 0.1) is 6.92 Å². The highest BCUT2D eigenvalue weighted by molar-refractivity contribution is 5.51. The fourth-order valence-electron chi connectivity index (χ4n) is 3.66. The highest BCUT2D eigenvalue weighted by Crippen LogP contribution is 2.31. The minimum absolute atomic E-state index is 0.101. The lowest BCUT2D eigenvalue weighted by Crippen LogP contribution is -2.42. The first-order chi connectivity index (χ1) is 12.3. The standard InChI is InChI=1S/C20H25N3O2/c1-16-13-21-8-7-18(16)23-10-4-9-22(11-12-23)14-17-15-24-19-5-2-3-6-20(19)25-17/h2-3,5-8,13,17H,4,9-12,14-15H2,1H3. The highest BCUT2D eigenvalue weighted by Gasteiger charge is 2.24. The van der Waals surface area contributed by atoms with Crippen LogP contribution >= 0.6 is 0 Å². The van der Waals surface area contributed by atoms with Gasteiger partial charge in [-0.25, -0.2) is 0 Å². The topological polar surface area (TPSA) is 37.8 Å². The molecule has 5 nitrogen and oxygen atoms in total. The molecule has 0 aliphatic carbocycles. The van der Waals surface area contributed by atoms with Gasteiger partial charge in [-0.2, -0.15) is 0 Å². The minimum atomic E-state index is 0.101. The van der Waals surface area contributed by atoms with Crippen LogP contribution in [0.4, 0.5) is 5.69 Å². The maximum atomic E-state index is 6.12. The molecule has 3 heterocycles. The van der Waals surface area contributed by atoms with Crippen LogP contribution < -0.4 is 14.4 Å². The van der Waals surface area contributed by atoms with E-state index in [-0.39, 0.29) is 6.10 Å². The first kappa shape index (κ1) is 16.2. The summed E-state index contributed by atoms with van der Waals surface area (Å²) in [7, 11) is 0. The fourth-order valence-corrected chi connectivity index (χ4v) is 3.66. The molecule has 132 valence electrons. The van der Waals surface area contributed by atoms with Gasteiger partial charge in [0.15, 0.2) is 11.5 Å². The van der Waals surface area contributed by atoms with Crippen LogP contribution in [0.5, 0.6) is 11.5 Å². The van der Waals surface area contributed by atoms with E-state index >= 15 is 0 Å². The van der Waals surface area contributed by atoms with Gasteiger partial charge in [-0.05, 0) is 37.1 Å². The molecule has 2 aliphatic rings. The average molecular weight is 339 g/mol. The fraction of sp³-hybridized carbons (Fsp3) is 0.450. The van der Waals surface area contributed by atoms with Gasteiger partial charge in [0.1, 0.15) is 12.7 Å². The molecule has 2 aromatic rings. The normalized spacial score (nSPS) is 21.0. The second-order valence-corrected chi connectivity index (χ2v) is 6.80. The second kappa shape index (κ2) is 7.31. The van der Waals surface area contributed by atoms with Crippen LogP contribution in [0.25, 0.3) is 0 Å². The third-order valence-electron chi connectivity index (χ3n) is 4.95. The number of anilines is 1. The van der Waals surface area contributed by atoms with E-state index in [4.69, 9.17) is 9.47 Å². The van der Waals surface area contributed by atoms with Crippen molar-refractivity contribution < 1.29 is 9.47 Å². The number of pyridine rings is 1. The maximum absolute atomic E-state index is 6.12. The Labute approximate surface area is 149 Å². The number of para-hydroxylation sites is 2. The molecule has 4 rings (SSSR count). The van der Waals surface area contributed by atoms with Crippen molar-refractivity contribution in [2.24, 2.45) is 0 Å². The first-order valence-corrected chi connectivity index (χ1v) is 9.06. The molecular formula is C20H25N3O2. The van der Waals surface area contributed by atoms with Crippen LogP contribution in [0.3, 0.4) is 0 Å². The minimum Gasteiger partial charge on any atom is -0.486 e. The molecule has 1 unspecified atom stereocenters. The molecule has 0 spiro atoms. The van der Waals surface area contributed by atoms with Crippen molar-refractivity contribution in [2.75, 3.05) is 44.2 Å². The maximum Gasteiger partial charge on any atom is 0.161 e. The van der Waals surface area contributed by atoms with Crippen molar-refractivity contribution in [3.8, 4) is 11.5 Å². The summed E-state index contributed by atoms with van der Waals surface area (Å²) in [6.45, 7) is 7.94. The Morgan fingerprint density at radius 3 is 2.84 bits per heavy atom. The monoisotopic (exact) mass is 339 g/mol. The number of aryl methyl sites for hydroxylation is 1. The number of fused-ring (bicyclic) bond motifs is 1. The van der Waals surface area contributed by atoms with Crippen molar-refractivity contribution in [3.05, 3.63) is 48.3 Å². The molecular weight excluding hydrogens is 314 g/mol. The summed E-state index contributed by atoms with van der Waals surface area (Å²) in [5.74, 6) is 1.72. The molecule has 1 aromatic carbocycles. The summed E-state index contributed by atoms with van der Waals surface area (Å²) in [5, 5.41) is 0. The Morgan fingerprint density at radius 1 is 1.08 bits per heavy atom. The van der Waals surface area contributed by atoms with E-state index in [9.17, 15) is 0 Å². The average Bonchev–Trinajstić information content (AvgIpc) is 2.88. The van der Waals surface area contributed by atoms with Crippen LogP contribution in [0.1, 0.15) is 12.0 Å². The third-order valence-corrected chi connectivity index (χ3v) is 4.95. The van der Waals surface area contributed by atoms with E-state index in [1.54, 1.807) is 0 Å². The molecule has 25 heavy (non-hydrogen) atoms. The Bertz CT molecular complexity index is 722. The molecule has 1 atom stereocenters. The summed E-state index contributed by atoms with van der Waals surface area (Å²) >= 11 is 0. The zero-order chi connectivity index (χ0) is 17.1. The quantitative estimate of drug-likeness (QED) is 0.860. The number of rotatable bonds is 3. The Kier molecular flexibility index (Phi) is 4.74. The number of aromatic nitrogens is 1. The second-order valence-electron chi connectivity index (χ2n) is 6.80. The van der Waals surface area contributed by atoms with Crippen LogP contribution in [0.15, 0.2) is 42.7 Å². The van der Waals surface area contributed by atoms with E-state index in [1.165, 1.54) is 11.3 Å². The van der Waals surface area contributed by atoms with E-state index in [0.29, 0.717) is 6.61 Å². The SMILES string of the molecule is Cc1cnccc1N1CCCN(CC2COc3ccccc3O2)CC1. The summed E-state index contributed by atoms with van der Waals surface area (Å²) in [5.41, 5.74) is 2.56. The first-order valence-electron chi connectivity index (χ1n) is 9.06. The molecule has 0 saturated carbocycles. The predicted molar refractivity (Wildman–Crippen MR) is 98.6 cm³/mol. The summed E-state index contributed by atoms with van der Waals surface area (Å²) in [6, 6.07) is 10.0. The number of hydrogen-bond acceptors (Lipinski definition) is 5. The molecule has 1 saturated heterocycles. The molecule has 0 bridgehead atoms. The smallest absolute Gasteiger partial charge is 0.161 e. The van der Waals surface area contributed by atoms with E-state index in [0.717, 1.165) is 50.6 Å². The zero-order valence-electron chi connectivity index (χ0n) is 14.7. The van der Waals surface area contributed by atoms with Gasteiger partial charge in [-0.1, -0.05) is 12.1 Å². The van der Waals surface area contributed by atoms with Crippen molar-refractivity contribution in [2.45, 2.75) is 19.4 Å². The summed E-state index contributed by atoms with van der Waals surface area (Å²) in [4.78, 5) is 9.18. The van der Waals surface area contributed by atoms with Crippen molar-refractivity contribution in [3.63, 3.8) is 0 Å². The molecule has 0 radical (unpaired) electrons. The van der Waals surface area contributed by atoms with Crippen molar-refractivity contribution in [1.29, 1.82) is 0 Å². The number of hydrogen-bond donors (Lipinski definition) is 0. The van der Waals surface area contributed by atoms with Crippen LogP contribution in [-0.4, -0.2) is 55.3 Å². The molecule has 0 amide bonds. The van der Waals surface area contributed by atoms with Gasteiger partial charge >= 0.3 is 0 Å². The number of ether oxygens (including phenoxy) is 2. The van der Waals surface area contributed by atoms with Gasteiger partial charge in [0, 0.05) is 50.8 Å². The van der Waals surface area contributed by atoms with E-state index in [2.05, 4.69) is 27.8 Å². The summed E-state index contributed by atoms with van der Waals surface area (Å²) < 4.78 is 12.0. The van der Waals surface area contributed by atoms with E-state index < -0.39 is 0 Å². The van der Waals surface area contributed by atoms with E-state index in [1.807, 2.05) is 36.7 Å². The Balaban J connectivity index is 1.35. The lowest BCUT2D eigenvalue weighted by molar-refractivity contribution is 0.0606. The lowest BCUT2D eigenvalue weighted by atomic mass is 10.2.